The first kappa shape index (κ1) is 19.8. The number of thioether (sulfide) groups is 1. The Morgan fingerprint density at radius 2 is 2.03 bits per heavy atom. The highest BCUT2D eigenvalue weighted by atomic mass is 32.2. The van der Waals surface area contributed by atoms with Crippen molar-refractivity contribution in [2.75, 3.05) is 0 Å². The second-order valence-electron chi connectivity index (χ2n) is 6.47. The van der Waals surface area contributed by atoms with Crippen LogP contribution in [-0.4, -0.2) is 10.8 Å². The lowest BCUT2D eigenvalue weighted by atomic mass is 10.0. The van der Waals surface area contributed by atoms with E-state index in [4.69, 9.17) is 4.42 Å². The van der Waals surface area contributed by atoms with E-state index < -0.39 is 17.4 Å². The average molecular weight is 437 g/mol. The lowest BCUT2D eigenvalue weighted by Crippen LogP contribution is -2.16. The van der Waals surface area contributed by atoms with Crippen LogP contribution in [0.1, 0.15) is 33.4 Å². The summed E-state index contributed by atoms with van der Waals surface area (Å²) in [4.78, 5) is 18.4. The summed E-state index contributed by atoms with van der Waals surface area (Å²) in [6, 6.07) is 8.49. The first-order chi connectivity index (χ1) is 13.7. The maximum atomic E-state index is 13.2. The van der Waals surface area contributed by atoms with Gasteiger partial charge in [0.05, 0.1) is 17.0 Å². The number of alkyl halides is 3. The fraction of sp³-hybridized carbons (Fsp3) is 0.200. The summed E-state index contributed by atoms with van der Waals surface area (Å²) >= 11 is 2.89. The number of hydrogen-bond donors (Lipinski definition) is 1. The molecule has 0 aliphatic carbocycles. The minimum absolute atomic E-state index is 0.109. The molecule has 0 fully saturated rings. The van der Waals surface area contributed by atoms with E-state index in [2.05, 4.69) is 4.99 Å². The van der Waals surface area contributed by atoms with Crippen LogP contribution < -0.4 is 5.63 Å². The summed E-state index contributed by atoms with van der Waals surface area (Å²) < 4.78 is 44.7. The van der Waals surface area contributed by atoms with E-state index in [-0.39, 0.29) is 40.1 Å². The molecule has 1 atom stereocenters. The number of benzene rings is 1. The molecule has 4 rings (SSSR count). The average Bonchev–Trinajstić information content (AvgIpc) is 3.08. The summed E-state index contributed by atoms with van der Waals surface area (Å²) in [5.74, 6) is -0.0720. The number of halogens is 3. The molecule has 0 radical (unpaired) electrons. The molecule has 1 aromatic carbocycles. The molecule has 0 amide bonds. The number of rotatable bonds is 2. The number of aromatic hydroxyl groups is 1. The van der Waals surface area contributed by atoms with Gasteiger partial charge in [0.2, 0.25) is 0 Å². The Balaban J connectivity index is 1.91. The molecular weight excluding hydrogens is 423 g/mol. The maximum Gasteiger partial charge on any atom is 0.416 e. The molecule has 4 nitrogen and oxygen atoms in total. The van der Waals surface area contributed by atoms with Gasteiger partial charge in [-0.3, -0.25) is 4.99 Å². The van der Waals surface area contributed by atoms with E-state index >= 15 is 0 Å². The van der Waals surface area contributed by atoms with Gasteiger partial charge >= 0.3 is 11.8 Å². The van der Waals surface area contributed by atoms with Gasteiger partial charge in [-0.25, -0.2) is 4.79 Å². The van der Waals surface area contributed by atoms with Crippen molar-refractivity contribution in [3.05, 3.63) is 74.0 Å². The van der Waals surface area contributed by atoms with Gasteiger partial charge in [-0.15, -0.1) is 23.1 Å². The van der Waals surface area contributed by atoms with E-state index in [1.165, 1.54) is 42.2 Å². The zero-order chi connectivity index (χ0) is 20.8. The molecule has 9 heteroatoms. The normalized spacial score (nSPS) is 16.8. The standard InChI is InChI=1S/C20H14F3NO3S2/c1-10-7-14(25)18(19(26)27-10)13-9-17(16-3-2-6-28-16)29-15-5-4-11(20(21,22)23)8-12(15)24-13/h2-8,17,25H,9H2,1H3. The first-order valence-electron chi connectivity index (χ1n) is 8.55. The van der Waals surface area contributed by atoms with E-state index in [1.807, 2.05) is 17.5 Å². The minimum Gasteiger partial charge on any atom is -0.507 e. The first-order valence-corrected chi connectivity index (χ1v) is 10.3. The summed E-state index contributed by atoms with van der Waals surface area (Å²) in [6.45, 7) is 1.52. The predicted molar refractivity (Wildman–Crippen MR) is 107 cm³/mol. The third-order valence-electron chi connectivity index (χ3n) is 4.39. The Hall–Kier alpha value is -2.52. The largest absolute Gasteiger partial charge is 0.507 e. The Labute approximate surface area is 171 Å². The van der Waals surface area contributed by atoms with Crippen molar-refractivity contribution in [3.63, 3.8) is 0 Å². The van der Waals surface area contributed by atoms with Crippen molar-refractivity contribution >= 4 is 34.5 Å². The van der Waals surface area contributed by atoms with Crippen LogP contribution in [0.25, 0.3) is 0 Å². The Morgan fingerprint density at radius 1 is 1.24 bits per heavy atom. The van der Waals surface area contributed by atoms with Gasteiger partial charge < -0.3 is 9.52 Å². The molecule has 1 aliphatic heterocycles. The van der Waals surface area contributed by atoms with E-state index in [1.54, 1.807) is 0 Å². The van der Waals surface area contributed by atoms with Crippen LogP contribution >= 0.6 is 23.1 Å². The molecule has 2 aromatic heterocycles. The lowest BCUT2D eigenvalue weighted by Gasteiger charge is -2.14. The summed E-state index contributed by atoms with van der Waals surface area (Å²) in [6.07, 6.45) is -4.26. The van der Waals surface area contributed by atoms with Crippen molar-refractivity contribution < 1.29 is 22.7 Å². The third kappa shape index (κ3) is 3.97. The SMILES string of the molecule is Cc1cc(O)c(C2=Nc3cc(C(F)(F)F)ccc3SC(c3cccs3)C2)c(=O)o1. The zero-order valence-electron chi connectivity index (χ0n) is 15.0. The Bertz CT molecular complexity index is 1150. The molecule has 0 saturated heterocycles. The van der Waals surface area contributed by atoms with Gasteiger partial charge in [0.15, 0.2) is 0 Å². The molecule has 1 aliphatic rings. The number of thiophene rings is 1. The Morgan fingerprint density at radius 3 is 2.69 bits per heavy atom. The van der Waals surface area contributed by atoms with Gasteiger partial charge in [0, 0.05) is 27.5 Å². The van der Waals surface area contributed by atoms with Crippen LogP contribution in [0.15, 0.2) is 60.9 Å². The van der Waals surface area contributed by atoms with Crippen LogP contribution in [-0.2, 0) is 6.18 Å². The number of aliphatic imine (C=N–C) groups is 1. The molecule has 29 heavy (non-hydrogen) atoms. The highest BCUT2D eigenvalue weighted by Crippen LogP contribution is 2.48. The van der Waals surface area contributed by atoms with Gasteiger partial charge in [0.25, 0.3) is 0 Å². The number of nitrogens with zero attached hydrogens (tertiary/aromatic N) is 1. The van der Waals surface area contributed by atoms with E-state index in [9.17, 15) is 23.1 Å². The topological polar surface area (TPSA) is 62.8 Å². The summed E-state index contributed by atoms with van der Waals surface area (Å²) in [5.41, 5.74) is -1.41. The smallest absolute Gasteiger partial charge is 0.416 e. The maximum absolute atomic E-state index is 13.2. The predicted octanol–water partition coefficient (Wildman–Crippen LogP) is 6.09. The molecule has 0 saturated carbocycles. The second kappa shape index (κ2) is 7.38. The van der Waals surface area contributed by atoms with Crippen LogP contribution in [0.3, 0.4) is 0 Å². The molecule has 3 aromatic rings. The monoisotopic (exact) mass is 437 g/mol. The van der Waals surface area contributed by atoms with Crippen LogP contribution in [0.4, 0.5) is 18.9 Å². The molecule has 150 valence electrons. The van der Waals surface area contributed by atoms with Crippen molar-refractivity contribution in [3.8, 4) is 5.75 Å². The summed E-state index contributed by atoms with van der Waals surface area (Å²) in [5, 5.41) is 12.1. The van der Waals surface area contributed by atoms with E-state index in [0.717, 1.165) is 17.0 Å². The van der Waals surface area contributed by atoms with Gasteiger partial charge in [-0.05, 0) is 36.6 Å². The van der Waals surface area contributed by atoms with Crippen molar-refractivity contribution in [2.24, 2.45) is 4.99 Å². The Kier molecular flexibility index (Phi) is 5.04. The van der Waals surface area contributed by atoms with Crippen molar-refractivity contribution in [2.45, 2.75) is 29.7 Å². The number of fused-ring (bicyclic) bond motifs is 1. The van der Waals surface area contributed by atoms with Crippen LogP contribution in [0.5, 0.6) is 5.75 Å². The molecule has 3 heterocycles. The zero-order valence-corrected chi connectivity index (χ0v) is 16.6. The van der Waals surface area contributed by atoms with Crippen LogP contribution in [0, 0.1) is 6.92 Å². The second-order valence-corrected chi connectivity index (χ2v) is 8.69. The van der Waals surface area contributed by atoms with Crippen molar-refractivity contribution in [1.82, 2.24) is 0 Å². The highest BCUT2D eigenvalue weighted by Gasteiger charge is 2.33. The van der Waals surface area contributed by atoms with Gasteiger partial charge in [0.1, 0.15) is 17.1 Å². The minimum atomic E-state index is -4.51. The number of hydrogen-bond acceptors (Lipinski definition) is 6. The van der Waals surface area contributed by atoms with Gasteiger partial charge in [-0.2, -0.15) is 13.2 Å². The highest BCUT2D eigenvalue weighted by molar-refractivity contribution is 7.99. The quantitative estimate of drug-likeness (QED) is 0.527. The van der Waals surface area contributed by atoms with E-state index in [0.29, 0.717) is 4.90 Å². The molecule has 1 unspecified atom stereocenters. The molecular formula is C20H14F3NO3S2. The van der Waals surface area contributed by atoms with Crippen LogP contribution in [0.2, 0.25) is 0 Å². The van der Waals surface area contributed by atoms with Gasteiger partial charge in [-0.1, -0.05) is 6.07 Å². The molecule has 0 bridgehead atoms. The summed E-state index contributed by atoms with van der Waals surface area (Å²) in [7, 11) is 0. The fourth-order valence-electron chi connectivity index (χ4n) is 3.10. The fourth-order valence-corrected chi connectivity index (χ4v) is 5.23. The molecule has 0 spiro atoms. The van der Waals surface area contributed by atoms with Crippen molar-refractivity contribution in [1.29, 1.82) is 0 Å². The lowest BCUT2D eigenvalue weighted by molar-refractivity contribution is -0.137. The third-order valence-corrected chi connectivity index (χ3v) is 6.83. The molecule has 1 N–H and O–H groups in total. The number of aryl methyl sites for hydroxylation is 1.